The van der Waals surface area contributed by atoms with Crippen LogP contribution in [-0.2, 0) is 4.79 Å². The van der Waals surface area contributed by atoms with Crippen LogP contribution < -0.4 is 10.5 Å². The van der Waals surface area contributed by atoms with E-state index >= 15 is 0 Å². The third-order valence-corrected chi connectivity index (χ3v) is 4.09. The number of benzene rings is 1. The molecule has 1 aromatic carbocycles. The number of likely N-dealkylation sites (N-methyl/N-ethyl adjacent to an activating group) is 1. The van der Waals surface area contributed by atoms with Crippen LogP contribution in [0, 0.1) is 19.8 Å². The molecule has 4 heteroatoms. The van der Waals surface area contributed by atoms with E-state index in [-0.39, 0.29) is 17.9 Å². The second kappa shape index (κ2) is 6.94. The molecule has 21 heavy (non-hydrogen) atoms. The highest BCUT2D eigenvalue weighted by molar-refractivity contribution is 5.78. The van der Waals surface area contributed by atoms with E-state index in [1.165, 1.54) is 11.1 Å². The molecule has 0 radical (unpaired) electrons. The van der Waals surface area contributed by atoms with E-state index < -0.39 is 0 Å². The van der Waals surface area contributed by atoms with Crippen LogP contribution >= 0.6 is 0 Å². The number of rotatable bonds is 5. The number of nitrogens with two attached hydrogens (primary N) is 1. The predicted octanol–water partition coefficient (Wildman–Crippen LogP) is 2.27. The Kier molecular flexibility index (Phi) is 5.23. The van der Waals surface area contributed by atoms with Gasteiger partial charge in [-0.15, -0.1) is 0 Å². The summed E-state index contributed by atoms with van der Waals surface area (Å²) in [4.78, 5) is 14.0. The number of hydrogen-bond acceptors (Lipinski definition) is 3. The first-order valence-corrected chi connectivity index (χ1v) is 7.67. The summed E-state index contributed by atoms with van der Waals surface area (Å²) in [6, 6.07) is 6.35. The summed E-state index contributed by atoms with van der Waals surface area (Å²) in [6.07, 6.45) is 2.70. The molecule has 0 aromatic heterocycles. The summed E-state index contributed by atoms with van der Waals surface area (Å²) in [5, 5.41) is 0. The third-order valence-electron chi connectivity index (χ3n) is 4.09. The Morgan fingerprint density at radius 1 is 1.29 bits per heavy atom. The molecule has 1 saturated carbocycles. The van der Waals surface area contributed by atoms with Crippen molar-refractivity contribution < 1.29 is 9.53 Å². The highest BCUT2D eigenvalue weighted by Crippen LogP contribution is 2.25. The highest BCUT2D eigenvalue weighted by atomic mass is 16.5. The van der Waals surface area contributed by atoms with Crippen LogP contribution in [0.1, 0.15) is 30.4 Å². The van der Waals surface area contributed by atoms with Gasteiger partial charge in [0, 0.05) is 19.0 Å². The van der Waals surface area contributed by atoms with E-state index in [9.17, 15) is 4.79 Å². The van der Waals surface area contributed by atoms with Crippen molar-refractivity contribution in [2.45, 2.75) is 39.2 Å². The van der Waals surface area contributed by atoms with Crippen molar-refractivity contribution in [3.8, 4) is 5.75 Å². The van der Waals surface area contributed by atoms with Crippen LogP contribution in [0.5, 0.6) is 5.75 Å². The molecule has 1 amide bonds. The van der Waals surface area contributed by atoms with E-state index in [0.29, 0.717) is 13.2 Å². The molecular formula is C17H26N2O2. The van der Waals surface area contributed by atoms with E-state index in [2.05, 4.69) is 19.9 Å². The van der Waals surface area contributed by atoms with Crippen LogP contribution in [0.2, 0.25) is 0 Å². The first-order chi connectivity index (χ1) is 9.95. The number of carbonyl (C=O) groups is 1. The molecule has 0 heterocycles. The molecule has 0 spiro atoms. The van der Waals surface area contributed by atoms with Crippen LogP contribution in [-0.4, -0.2) is 37.0 Å². The molecule has 4 nitrogen and oxygen atoms in total. The second-order valence-corrected chi connectivity index (χ2v) is 6.20. The maximum atomic E-state index is 12.3. The minimum absolute atomic E-state index is 0.103. The average molecular weight is 290 g/mol. The number of nitrogens with zero attached hydrogens (tertiary/aromatic N) is 1. The minimum atomic E-state index is 0.103. The molecule has 0 bridgehead atoms. The van der Waals surface area contributed by atoms with Gasteiger partial charge in [0.05, 0.1) is 6.54 Å². The molecular weight excluding hydrogens is 264 g/mol. The molecule has 2 atom stereocenters. The fraction of sp³-hybridized carbons (Fsp3) is 0.588. The summed E-state index contributed by atoms with van der Waals surface area (Å²) in [5.74, 6) is 1.18. The fourth-order valence-corrected chi connectivity index (χ4v) is 2.98. The number of hydrogen-bond donors (Lipinski definition) is 1. The zero-order chi connectivity index (χ0) is 15.4. The lowest BCUT2D eigenvalue weighted by atomic mass is 10.1. The fourth-order valence-electron chi connectivity index (χ4n) is 2.98. The molecule has 1 aromatic rings. The minimum Gasteiger partial charge on any atom is -0.492 e. The van der Waals surface area contributed by atoms with E-state index in [0.717, 1.165) is 25.0 Å². The van der Waals surface area contributed by atoms with Gasteiger partial charge in [-0.2, -0.15) is 0 Å². The van der Waals surface area contributed by atoms with Gasteiger partial charge >= 0.3 is 0 Å². The first-order valence-electron chi connectivity index (χ1n) is 7.67. The highest BCUT2D eigenvalue weighted by Gasteiger charge is 2.29. The van der Waals surface area contributed by atoms with Crippen molar-refractivity contribution in [1.29, 1.82) is 0 Å². The van der Waals surface area contributed by atoms with Crippen molar-refractivity contribution in [2.75, 3.05) is 20.2 Å². The molecule has 1 aliphatic carbocycles. The lowest BCUT2D eigenvalue weighted by Gasteiger charge is -2.21. The van der Waals surface area contributed by atoms with Crippen LogP contribution in [0.25, 0.3) is 0 Å². The summed E-state index contributed by atoms with van der Waals surface area (Å²) in [5.41, 5.74) is 8.25. The third kappa shape index (κ3) is 4.46. The monoisotopic (exact) mass is 290 g/mol. The molecule has 2 rings (SSSR count). The first kappa shape index (κ1) is 15.8. The van der Waals surface area contributed by atoms with Gasteiger partial charge in [0.1, 0.15) is 12.4 Å². The van der Waals surface area contributed by atoms with Gasteiger partial charge in [0.2, 0.25) is 5.91 Å². The topological polar surface area (TPSA) is 55.6 Å². The Morgan fingerprint density at radius 3 is 2.52 bits per heavy atom. The number of amides is 1. The standard InChI is InChI=1S/C17H26N2O2/c1-12-8-13(2)10-16(9-12)21-7-6-19(3)17(20)14-4-5-15(18)11-14/h8-10,14-15H,4-7,11,18H2,1-3H3/t14-,15-/m1/s1. The second-order valence-electron chi connectivity index (χ2n) is 6.20. The summed E-state index contributed by atoms with van der Waals surface area (Å²) < 4.78 is 5.75. The Hall–Kier alpha value is -1.55. The quantitative estimate of drug-likeness (QED) is 0.905. The number of aryl methyl sites for hydroxylation is 2. The lowest BCUT2D eigenvalue weighted by molar-refractivity contribution is -0.134. The predicted molar refractivity (Wildman–Crippen MR) is 84.4 cm³/mol. The summed E-state index contributed by atoms with van der Waals surface area (Å²) in [7, 11) is 1.84. The lowest BCUT2D eigenvalue weighted by Crippen LogP contribution is -2.35. The smallest absolute Gasteiger partial charge is 0.225 e. The van der Waals surface area contributed by atoms with Gasteiger partial charge < -0.3 is 15.4 Å². The van der Waals surface area contributed by atoms with Crippen molar-refractivity contribution >= 4 is 5.91 Å². The van der Waals surface area contributed by atoms with E-state index in [4.69, 9.17) is 10.5 Å². The van der Waals surface area contributed by atoms with Gasteiger partial charge in [0.15, 0.2) is 0 Å². The summed E-state index contributed by atoms with van der Waals surface area (Å²) in [6.45, 7) is 5.24. The van der Waals surface area contributed by atoms with Crippen molar-refractivity contribution in [3.05, 3.63) is 29.3 Å². The maximum Gasteiger partial charge on any atom is 0.225 e. The zero-order valence-electron chi connectivity index (χ0n) is 13.3. The SMILES string of the molecule is Cc1cc(C)cc(OCCN(C)C(=O)[C@@H]2CC[C@@H](N)C2)c1. The Morgan fingerprint density at radius 2 is 1.95 bits per heavy atom. The Balaban J connectivity index is 1.78. The normalized spacial score (nSPS) is 21.3. The van der Waals surface area contributed by atoms with Crippen LogP contribution in [0.4, 0.5) is 0 Å². The van der Waals surface area contributed by atoms with E-state index in [1.807, 2.05) is 19.2 Å². The molecule has 0 saturated heterocycles. The van der Waals surface area contributed by atoms with Crippen LogP contribution in [0.3, 0.4) is 0 Å². The van der Waals surface area contributed by atoms with Gasteiger partial charge in [-0.1, -0.05) is 6.07 Å². The van der Waals surface area contributed by atoms with Gasteiger partial charge in [-0.05, 0) is 56.4 Å². The maximum absolute atomic E-state index is 12.3. The van der Waals surface area contributed by atoms with Crippen molar-refractivity contribution in [2.24, 2.45) is 11.7 Å². The van der Waals surface area contributed by atoms with Crippen LogP contribution in [0.15, 0.2) is 18.2 Å². The van der Waals surface area contributed by atoms with Gasteiger partial charge in [-0.3, -0.25) is 4.79 Å². The Labute approximate surface area is 127 Å². The largest absolute Gasteiger partial charge is 0.492 e. The van der Waals surface area contributed by atoms with Crippen molar-refractivity contribution in [3.63, 3.8) is 0 Å². The molecule has 0 unspecified atom stereocenters. The average Bonchev–Trinajstić information content (AvgIpc) is 2.83. The molecule has 0 aliphatic heterocycles. The van der Waals surface area contributed by atoms with Gasteiger partial charge in [-0.25, -0.2) is 0 Å². The van der Waals surface area contributed by atoms with E-state index in [1.54, 1.807) is 4.90 Å². The molecule has 116 valence electrons. The number of ether oxygens (including phenoxy) is 1. The van der Waals surface area contributed by atoms with Gasteiger partial charge in [0.25, 0.3) is 0 Å². The molecule has 1 fully saturated rings. The van der Waals surface area contributed by atoms with Crippen molar-refractivity contribution in [1.82, 2.24) is 4.90 Å². The summed E-state index contributed by atoms with van der Waals surface area (Å²) >= 11 is 0. The molecule has 2 N–H and O–H groups in total. The molecule has 1 aliphatic rings. The number of carbonyl (C=O) groups excluding carboxylic acids is 1. The Bertz CT molecular complexity index is 481. The zero-order valence-corrected chi connectivity index (χ0v) is 13.3.